The lowest BCUT2D eigenvalue weighted by atomic mass is 10.1. The van der Waals surface area contributed by atoms with E-state index in [2.05, 4.69) is 24.0 Å². The van der Waals surface area contributed by atoms with E-state index < -0.39 is 0 Å². The highest BCUT2D eigenvalue weighted by Crippen LogP contribution is 2.26. The molecule has 1 atom stereocenters. The van der Waals surface area contributed by atoms with Crippen LogP contribution in [0.1, 0.15) is 24.4 Å². The number of hydrogen-bond donors (Lipinski definition) is 0. The summed E-state index contributed by atoms with van der Waals surface area (Å²) >= 11 is 6.00. The van der Waals surface area contributed by atoms with E-state index in [9.17, 15) is 4.39 Å². The maximum absolute atomic E-state index is 13.9. The fourth-order valence-corrected chi connectivity index (χ4v) is 2.95. The fourth-order valence-electron chi connectivity index (χ4n) is 2.76. The lowest BCUT2D eigenvalue weighted by Crippen LogP contribution is -2.11. The number of imidazole rings is 1. The molecule has 2 aromatic carbocycles. The summed E-state index contributed by atoms with van der Waals surface area (Å²) in [6, 6.07) is 15.4. The van der Waals surface area contributed by atoms with Crippen molar-refractivity contribution in [2.45, 2.75) is 25.3 Å². The summed E-state index contributed by atoms with van der Waals surface area (Å²) in [6.45, 7) is 2.11. The van der Waals surface area contributed by atoms with Gasteiger partial charge in [-0.15, -0.1) is 11.6 Å². The van der Waals surface area contributed by atoms with E-state index in [0.717, 1.165) is 11.9 Å². The molecule has 0 aliphatic rings. The van der Waals surface area contributed by atoms with E-state index in [4.69, 9.17) is 11.6 Å². The topological polar surface area (TPSA) is 17.8 Å². The number of alkyl halides is 1. The third kappa shape index (κ3) is 2.66. The van der Waals surface area contributed by atoms with Gasteiger partial charge in [0.15, 0.2) is 5.82 Å². The van der Waals surface area contributed by atoms with Crippen molar-refractivity contribution in [2.24, 2.45) is 0 Å². The lowest BCUT2D eigenvalue weighted by Gasteiger charge is -2.17. The van der Waals surface area contributed by atoms with Crippen molar-refractivity contribution < 1.29 is 4.39 Å². The van der Waals surface area contributed by atoms with Crippen molar-refractivity contribution in [1.82, 2.24) is 9.55 Å². The van der Waals surface area contributed by atoms with Gasteiger partial charge in [-0.2, -0.15) is 0 Å². The van der Waals surface area contributed by atoms with Gasteiger partial charge < -0.3 is 4.57 Å². The summed E-state index contributed by atoms with van der Waals surface area (Å²) in [4.78, 5) is 4.35. The number of nitrogens with zero attached hydrogens (tertiary/aromatic N) is 2. The molecule has 108 valence electrons. The molecule has 0 aliphatic heterocycles. The zero-order valence-electron chi connectivity index (χ0n) is 11.8. The molecule has 0 amide bonds. The molecule has 0 radical (unpaired) electrons. The third-order valence-electron chi connectivity index (χ3n) is 3.68. The first-order valence-corrected chi connectivity index (χ1v) is 7.49. The first-order chi connectivity index (χ1) is 10.2. The summed E-state index contributed by atoms with van der Waals surface area (Å²) in [5.74, 6) is 0.678. The van der Waals surface area contributed by atoms with E-state index in [-0.39, 0.29) is 17.7 Å². The molecular formula is C17H16ClFN2. The lowest BCUT2D eigenvalue weighted by molar-refractivity contribution is 0.543. The zero-order valence-corrected chi connectivity index (χ0v) is 12.5. The van der Waals surface area contributed by atoms with Crippen LogP contribution in [0.3, 0.4) is 0 Å². The van der Waals surface area contributed by atoms with Crippen LogP contribution in [-0.4, -0.2) is 9.55 Å². The second kappa shape index (κ2) is 5.86. The van der Waals surface area contributed by atoms with Crippen molar-refractivity contribution in [3.8, 4) is 0 Å². The molecule has 0 bridgehead atoms. The summed E-state index contributed by atoms with van der Waals surface area (Å²) in [6.07, 6.45) is 0.854. The molecule has 1 unspecified atom stereocenters. The van der Waals surface area contributed by atoms with Crippen LogP contribution in [0.15, 0.2) is 48.5 Å². The van der Waals surface area contributed by atoms with Crippen molar-refractivity contribution in [3.05, 3.63) is 65.7 Å². The predicted molar refractivity (Wildman–Crippen MR) is 84.1 cm³/mol. The van der Waals surface area contributed by atoms with Crippen LogP contribution in [0.5, 0.6) is 0 Å². The van der Waals surface area contributed by atoms with Gasteiger partial charge in [-0.3, -0.25) is 0 Å². The van der Waals surface area contributed by atoms with Crippen molar-refractivity contribution in [1.29, 1.82) is 0 Å². The van der Waals surface area contributed by atoms with Gasteiger partial charge in [-0.1, -0.05) is 36.4 Å². The molecule has 3 rings (SSSR count). The Morgan fingerprint density at radius 2 is 1.90 bits per heavy atom. The minimum atomic E-state index is -0.301. The standard InChI is InChI=1S/C17H16ClFN2/c1-12(10-13-6-3-2-4-7-13)21-15-9-5-8-14(19)17(15)20-16(21)11-18/h2-9,12H,10-11H2,1H3. The molecule has 2 nitrogen and oxygen atoms in total. The monoisotopic (exact) mass is 302 g/mol. The van der Waals surface area contributed by atoms with Crippen LogP contribution in [0.2, 0.25) is 0 Å². The van der Waals surface area contributed by atoms with Gasteiger partial charge in [0.1, 0.15) is 11.3 Å². The van der Waals surface area contributed by atoms with Crippen LogP contribution in [0.4, 0.5) is 4.39 Å². The van der Waals surface area contributed by atoms with Crippen LogP contribution in [-0.2, 0) is 12.3 Å². The number of fused-ring (bicyclic) bond motifs is 1. The zero-order chi connectivity index (χ0) is 14.8. The third-order valence-corrected chi connectivity index (χ3v) is 3.92. The van der Waals surface area contributed by atoms with Crippen LogP contribution >= 0.6 is 11.6 Å². The Labute approximate surface area is 128 Å². The highest BCUT2D eigenvalue weighted by atomic mass is 35.5. The normalized spacial score (nSPS) is 12.7. The maximum atomic E-state index is 13.9. The maximum Gasteiger partial charge on any atom is 0.151 e. The molecule has 1 aromatic heterocycles. The summed E-state index contributed by atoms with van der Waals surface area (Å²) in [5.41, 5.74) is 2.44. The number of rotatable bonds is 4. The van der Waals surface area contributed by atoms with Crippen molar-refractivity contribution in [3.63, 3.8) is 0 Å². The Hall–Kier alpha value is -1.87. The van der Waals surface area contributed by atoms with E-state index >= 15 is 0 Å². The van der Waals surface area contributed by atoms with Crippen molar-refractivity contribution >= 4 is 22.6 Å². The molecule has 4 heteroatoms. The van der Waals surface area contributed by atoms with Crippen LogP contribution < -0.4 is 0 Å². The molecule has 0 fully saturated rings. The Kier molecular flexibility index (Phi) is 3.93. The highest BCUT2D eigenvalue weighted by molar-refractivity contribution is 6.16. The summed E-state index contributed by atoms with van der Waals surface area (Å²) in [7, 11) is 0. The van der Waals surface area contributed by atoms with Gasteiger partial charge >= 0.3 is 0 Å². The smallest absolute Gasteiger partial charge is 0.151 e. The van der Waals surface area contributed by atoms with Crippen LogP contribution in [0.25, 0.3) is 11.0 Å². The number of aromatic nitrogens is 2. The molecule has 0 aliphatic carbocycles. The Balaban J connectivity index is 2.04. The molecular weight excluding hydrogens is 287 g/mol. The molecule has 0 spiro atoms. The average molecular weight is 303 g/mol. The first kappa shape index (κ1) is 14.1. The van der Waals surface area contributed by atoms with Crippen molar-refractivity contribution in [2.75, 3.05) is 0 Å². The molecule has 1 heterocycles. The van der Waals surface area contributed by atoms with E-state index in [0.29, 0.717) is 11.3 Å². The van der Waals surface area contributed by atoms with E-state index in [1.807, 2.05) is 28.8 Å². The SMILES string of the molecule is CC(Cc1ccccc1)n1c(CCl)nc2c(F)cccc21. The number of halogens is 2. The van der Waals surface area contributed by atoms with E-state index in [1.165, 1.54) is 11.6 Å². The Bertz CT molecular complexity index is 752. The second-order valence-electron chi connectivity index (χ2n) is 5.18. The number of hydrogen-bond acceptors (Lipinski definition) is 1. The van der Waals surface area contributed by atoms with Gasteiger partial charge in [0.05, 0.1) is 11.4 Å². The summed E-state index contributed by atoms with van der Waals surface area (Å²) < 4.78 is 15.9. The second-order valence-corrected chi connectivity index (χ2v) is 5.45. The largest absolute Gasteiger partial charge is 0.324 e. The van der Waals surface area contributed by atoms with Gasteiger partial charge in [0, 0.05) is 6.04 Å². The average Bonchev–Trinajstić information content (AvgIpc) is 2.88. The summed E-state index contributed by atoms with van der Waals surface area (Å²) in [5, 5.41) is 0. The minimum Gasteiger partial charge on any atom is -0.324 e. The Morgan fingerprint density at radius 3 is 2.62 bits per heavy atom. The van der Waals surface area contributed by atoms with Gasteiger partial charge in [-0.05, 0) is 31.0 Å². The molecule has 0 N–H and O–H groups in total. The Morgan fingerprint density at radius 1 is 1.14 bits per heavy atom. The quantitative estimate of drug-likeness (QED) is 0.638. The minimum absolute atomic E-state index is 0.160. The molecule has 21 heavy (non-hydrogen) atoms. The van der Waals surface area contributed by atoms with Gasteiger partial charge in [0.2, 0.25) is 0 Å². The first-order valence-electron chi connectivity index (χ1n) is 6.96. The number of benzene rings is 2. The molecule has 3 aromatic rings. The van der Waals surface area contributed by atoms with Gasteiger partial charge in [0.25, 0.3) is 0 Å². The van der Waals surface area contributed by atoms with Gasteiger partial charge in [-0.25, -0.2) is 9.37 Å². The highest BCUT2D eigenvalue weighted by Gasteiger charge is 2.17. The molecule has 0 saturated heterocycles. The predicted octanol–water partition coefficient (Wildman–Crippen LogP) is 4.72. The van der Waals surface area contributed by atoms with E-state index in [1.54, 1.807) is 6.07 Å². The molecule has 0 saturated carbocycles. The number of para-hydroxylation sites is 1. The van der Waals surface area contributed by atoms with Crippen LogP contribution in [0, 0.1) is 5.82 Å². The fraction of sp³-hybridized carbons (Fsp3) is 0.235.